The van der Waals surface area contributed by atoms with E-state index in [1.165, 1.54) is 82.8 Å². The summed E-state index contributed by atoms with van der Waals surface area (Å²) in [6.07, 6.45) is 8.51. The minimum Gasteiger partial charge on any atom is -0.299 e. The fourth-order valence-corrected chi connectivity index (χ4v) is 6.67. The Morgan fingerprint density at radius 3 is 2.39 bits per heavy atom. The van der Waals surface area contributed by atoms with Crippen molar-refractivity contribution >= 4 is 23.1 Å². The van der Waals surface area contributed by atoms with Crippen LogP contribution in [0.1, 0.15) is 54.2 Å². The average Bonchev–Trinajstić information content (AvgIpc) is 3.28. The van der Waals surface area contributed by atoms with Crippen molar-refractivity contribution in [2.75, 3.05) is 37.7 Å². The van der Waals surface area contributed by atoms with E-state index < -0.39 is 0 Å². The molecule has 4 rings (SSSR count). The summed E-state index contributed by atoms with van der Waals surface area (Å²) in [6.45, 7) is 6.44. The molecule has 0 amide bonds. The minimum atomic E-state index is 0.865. The van der Waals surface area contributed by atoms with Gasteiger partial charge in [-0.05, 0) is 43.7 Å². The van der Waals surface area contributed by atoms with Gasteiger partial charge in [-0.15, -0.1) is 11.3 Å². The van der Waals surface area contributed by atoms with Crippen molar-refractivity contribution in [2.24, 2.45) is 0 Å². The third kappa shape index (κ3) is 4.15. The number of hydrogen-bond acceptors (Lipinski definition) is 4. The van der Waals surface area contributed by atoms with Crippen LogP contribution in [0.4, 0.5) is 0 Å². The summed E-state index contributed by atoms with van der Waals surface area (Å²) in [5, 5.41) is 0. The molecule has 0 radical (unpaired) electrons. The van der Waals surface area contributed by atoms with Gasteiger partial charge in [0, 0.05) is 60.0 Å². The predicted octanol–water partition coefficient (Wildman–Crippen LogP) is 4.42. The van der Waals surface area contributed by atoms with E-state index in [2.05, 4.69) is 45.0 Å². The second-order valence-corrected chi connectivity index (χ2v) is 9.87. The Morgan fingerprint density at radius 2 is 1.65 bits per heavy atom. The van der Waals surface area contributed by atoms with Crippen LogP contribution in [-0.2, 0) is 6.54 Å². The van der Waals surface area contributed by atoms with Gasteiger partial charge in [0.15, 0.2) is 0 Å². The van der Waals surface area contributed by atoms with Crippen LogP contribution in [0, 0.1) is 0 Å². The normalized spacial score (nSPS) is 26.1. The first-order chi connectivity index (χ1) is 11.4. The third-order valence-corrected chi connectivity index (χ3v) is 8.11. The first-order valence-electron chi connectivity index (χ1n) is 9.51. The van der Waals surface area contributed by atoms with Crippen molar-refractivity contribution in [2.45, 2.75) is 57.0 Å². The Kier molecular flexibility index (Phi) is 5.65. The van der Waals surface area contributed by atoms with Gasteiger partial charge in [-0.1, -0.05) is 12.8 Å². The Labute approximate surface area is 149 Å². The first-order valence-corrected chi connectivity index (χ1v) is 11.5. The lowest BCUT2D eigenvalue weighted by Gasteiger charge is -2.40. The number of likely N-dealkylation sites (tertiary alicyclic amines) is 1. The summed E-state index contributed by atoms with van der Waals surface area (Å²) < 4.78 is 0. The van der Waals surface area contributed by atoms with Gasteiger partial charge in [0.1, 0.15) is 0 Å². The molecule has 1 aliphatic carbocycles. The maximum atomic E-state index is 2.76. The van der Waals surface area contributed by atoms with Crippen LogP contribution < -0.4 is 0 Å². The van der Waals surface area contributed by atoms with Crippen molar-refractivity contribution in [3.8, 4) is 0 Å². The van der Waals surface area contributed by atoms with Gasteiger partial charge in [0.25, 0.3) is 0 Å². The maximum Gasteiger partial charge on any atom is 0.0328 e. The second kappa shape index (κ2) is 7.90. The molecule has 3 aliphatic rings. The zero-order valence-corrected chi connectivity index (χ0v) is 15.8. The van der Waals surface area contributed by atoms with E-state index in [4.69, 9.17) is 0 Å². The van der Waals surface area contributed by atoms with Gasteiger partial charge in [0.2, 0.25) is 0 Å². The molecule has 0 unspecified atom stereocenters. The number of rotatable bonds is 4. The lowest BCUT2D eigenvalue weighted by molar-refractivity contribution is 0.113. The summed E-state index contributed by atoms with van der Waals surface area (Å²) in [4.78, 5) is 8.72. The smallest absolute Gasteiger partial charge is 0.0328 e. The van der Waals surface area contributed by atoms with Crippen LogP contribution in [0.3, 0.4) is 0 Å². The van der Waals surface area contributed by atoms with E-state index in [0.717, 1.165) is 12.0 Å². The molecule has 0 aromatic carbocycles. The molecule has 128 valence electrons. The van der Waals surface area contributed by atoms with Crippen molar-refractivity contribution in [3.63, 3.8) is 0 Å². The van der Waals surface area contributed by atoms with Crippen molar-refractivity contribution in [1.29, 1.82) is 0 Å². The van der Waals surface area contributed by atoms with Crippen molar-refractivity contribution in [3.05, 3.63) is 21.9 Å². The molecule has 1 aromatic rings. The van der Waals surface area contributed by atoms with Gasteiger partial charge in [-0.3, -0.25) is 9.80 Å². The lowest BCUT2D eigenvalue weighted by atomic mass is 10.0. The predicted molar refractivity (Wildman–Crippen MR) is 103 cm³/mol. The standard InChI is InChI=1S/C19H30N2S2/c1-2-4-16(3-1)19-6-5-18(23-19)15-20-9-7-17(8-10-20)21-11-13-22-14-12-21/h5-6,16-17H,1-4,7-15H2. The molecule has 1 aromatic heterocycles. The molecule has 3 fully saturated rings. The van der Waals surface area contributed by atoms with Crippen molar-refractivity contribution in [1.82, 2.24) is 9.80 Å². The van der Waals surface area contributed by atoms with Crippen LogP contribution in [-0.4, -0.2) is 53.5 Å². The molecule has 0 atom stereocenters. The van der Waals surface area contributed by atoms with Crippen LogP contribution in [0.5, 0.6) is 0 Å². The Hall–Kier alpha value is -0.0300. The Bertz CT molecular complexity index is 481. The zero-order chi connectivity index (χ0) is 15.5. The topological polar surface area (TPSA) is 6.48 Å². The average molecular weight is 351 g/mol. The van der Waals surface area contributed by atoms with E-state index in [1.54, 1.807) is 9.75 Å². The molecule has 1 saturated carbocycles. The van der Waals surface area contributed by atoms with E-state index in [-0.39, 0.29) is 0 Å². The van der Waals surface area contributed by atoms with Gasteiger partial charge < -0.3 is 0 Å². The SMILES string of the molecule is c1cc(C2CCCC2)sc1CN1CCC(N2CCSCC2)CC1. The summed E-state index contributed by atoms with van der Waals surface area (Å²) >= 11 is 4.22. The van der Waals surface area contributed by atoms with Gasteiger partial charge in [-0.2, -0.15) is 11.8 Å². The van der Waals surface area contributed by atoms with Gasteiger partial charge in [-0.25, -0.2) is 0 Å². The highest BCUT2D eigenvalue weighted by molar-refractivity contribution is 7.99. The van der Waals surface area contributed by atoms with Crippen LogP contribution in [0.25, 0.3) is 0 Å². The summed E-state index contributed by atoms with van der Waals surface area (Å²) in [7, 11) is 0. The molecule has 3 heterocycles. The van der Waals surface area contributed by atoms with Gasteiger partial charge in [0.05, 0.1) is 0 Å². The molecule has 2 saturated heterocycles. The number of thiophene rings is 1. The van der Waals surface area contributed by atoms with E-state index >= 15 is 0 Å². The Balaban J connectivity index is 1.26. The molecular formula is C19H30N2S2. The van der Waals surface area contributed by atoms with E-state index in [0.29, 0.717) is 0 Å². The molecular weight excluding hydrogens is 320 g/mol. The summed E-state index contributed by atoms with van der Waals surface area (Å²) in [5.74, 6) is 3.58. The van der Waals surface area contributed by atoms with Crippen LogP contribution in [0.15, 0.2) is 12.1 Å². The number of piperidine rings is 1. The van der Waals surface area contributed by atoms with Gasteiger partial charge >= 0.3 is 0 Å². The Morgan fingerprint density at radius 1 is 0.913 bits per heavy atom. The highest BCUT2D eigenvalue weighted by Gasteiger charge is 2.26. The van der Waals surface area contributed by atoms with Crippen LogP contribution in [0.2, 0.25) is 0 Å². The number of nitrogens with zero attached hydrogens (tertiary/aromatic N) is 2. The molecule has 0 N–H and O–H groups in total. The lowest BCUT2D eigenvalue weighted by Crippen LogP contribution is -2.47. The fraction of sp³-hybridized carbons (Fsp3) is 0.789. The zero-order valence-electron chi connectivity index (χ0n) is 14.2. The molecule has 2 nitrogen and oxygen atoms in total. The first kappa shape index (κ1) is 16.4. The molecule has 0 bridgehead atoms. The minimum absolute atomic E-state index is 0.865. The fourth-order valence-electron chi connectivity index (χ4n) is 4.51. The largest absolute Gasteiger partial charge is 0.299 e. The van der Waals surface area contributed by atoms with E-state index in [1.807, 2.05) is 0 Å². The molecule has 4 heteroatoms. The monoisotopic (exact) mass is 350 g/mol. The molecule has 2 aliphatic heterocycles. The summed E-state index contributed by atoms with van der Waals surface area (Å²) in [5.41, 5.74) is 0. The quantitative estimate of drug-likeness (QED) is 0.794. The highest BCUT2D eigenvalue weighted by Crippen LogP contribution is 2.38. The maximum absolute atomic E-state index is 2.76. The summed E-state index contributed by atoms with van der Waals surface area (Å²) in [6, 6.07) is 5.70. The van der Waals surface area contributed by atoms with Crippen LogP contribution >= 0.6 is 23.1 Å². The number of hydrogen-bond donors (Lipinski definition) is 0. The molecule has 0 spiro atoms. The second-order valence-electron chi connectivity index (χ2n) is 7.44. The van der Waals surface area contributed by atoms with E-state index in [9.17, 15) is 0 Å². The van der Waals surface area contributed by atoms with Crippen molar-refractivity contribution < 1.29 is 0 Å². The highest BCUT2D eigenvalue weighted by atomic mass is 32.2. The third-order valence-electron chi connectivity index (χ3n) is 5.94. The molecule has 23 heavy (non-hydrogen) atoms. The number of thioether (sulfide) groups is 1.